The number of carbonyl (C=O) groups excluding carboxylic acids is 2. The van der Waals surface area contributed by atoms with Gasteiger partial charge < -0.3 is 20.3 Å². The van der Waals surface area contributed by atoms with Crippen LogP contribution < -0.4 is 10.6 Å². The predicted octanol–water partition coefficient (Wildman–Crippen LogP) is 1.26. The van der Waals surface area contributed by atoms with E-state index in [4.69, 9.17) is 0 Å². The fourth-order valence-corrected chi connectivity index (χ4v) is 2.05. The maximum absolute atomic E-state index is 13.4. The van der Waals surface area contributed by atoms with E-state index < -0.39 is 23.7 Å². The number of aromatic nitrogens is 1. The van der Waals surface area contributed by atoms with Gasteiger partial charge in [0.05, 0.1) is 0 Å². The smallest absolute Gasteiger partial charge is 0.313 e. The van der Waals surface area contributed by atoms with Crippen LogP contribution in [-0.4, -0.2) is 28.0 Å². The first-order valence-electron chi connectivity index (χ1n) is 7.03. The van der Waals surface area contributed by atoms with Crippen LogP contribution in [0.4, 0.5) is 10.1 Å². The number of benzene rings is 1. The summed E-state index contributed by atoms with van der Waals surface area (Å²) in [6.07, 6.45) is 0.836. The summed E-state index contributed by atoms with van der Waals surface area (Å²) in [5.41, 5.74) is 1.25. The van der Waals surface area contributed by atoms with E-state index in [1.54, 1.807) is 36.9 Å². The first-order valence-corrected chi connectivity index (χ1v) is 7.03. The fourth-order valence-electron chi connectivity index (χ4n) is 2.05. The molecular formula is C16H18FN3O3. The molecule has 2 aromatic rings. The van der Waals surface area contributed by atoms with Gasteiger partial charge in [-0.25, -0.2) is 4.39 Å². The highest BCUT2D eigenvalue weighted by Crippen LogP contribution is 2.14. The van der Waals surface area contributed by atoms with Crippen LogP contribution in [0.25, 0.3) is 0 Å². The van der Waals surface area contributed by atoms with Crippen LogP contribution in [0.3, 0.4) is 0 Å². The number of aryl methyl sites for hydroxylation is 2. The average Bonchev–Trinajstić information content (AvgIpc) is 2.94. The van der Waals surface area contributed by atoms with E-state index >= 15 is 0 Å². The number of aliphatic hydroxyl groups excluding tert-OH is 1. The summed E-state index contributed by atoms with van der Waals surface area (Å²) in [6, 6.07) is 7.62. The number of hydrogen-bond donors (Lipinski definition) is 3. The molecule has 1 heterocycles. The Hall–Kier alpha value is -2.67. The Labute approximate surface area is 132 Å². The molecule has 1 aromatic carbocycles. The largest absolute Gasteiger partial charge is 0.385 e. The third-order valence-corrected chi connectivity index (χ3v) is 3.42. The quantitative estimate of drug-likeness (QED) is 0.742. The van der Waals surface area contributed by atoms with E-state index in [0.29, 0.717) is 11.3 Å². The van der Waals surface area contributed by atoms with Crippen molar-refractivity contribution in [1.29, 1.82) is 0 Å². The molecule has 1 aromatic heterocycles. The zero-order valence-corrected chi connectivity index (χ0v) is 12.8. The molecule has 0 saturated carbocycles. The summed E-state index contributed by atoms with van der Waals surface area (Å²) in [6.45, 7) is 1.49. The Morgan fingerprint density at radius 3 is 2.65 bits per heavy atom. The van der Waals surface area contributed by atoms with Crippen molar-refractivity contribution in [2.75, 3.05) is 11.9 Å². The fraction of sp³-hybridized carbons (Fsp3) is 0.250. The van der Waals surface area contributed by atoms with Crippen molar-refractivity contribution in [3.8, 4) is 0 Å². The van der Waals surface area contributed by atoms with E-state index in [1.165, 1.54) is 12.1 Å². The Morgan fingerprint density at radius 1 is 1.30 bits per heavy atom. The monoisotopic (exact) mass is 319 g/mol. The van der Waals surface area contributed by atoms with E-state index in [-0.39, 0.29) is 12.2 Å². The van der Waals surface area contributed by atoms with Crippen LogP contribution >= 0.6 is 0 Å². The first-order chi connectivity index (χ1) is 10.9. The number of amides is 2. The topological polar surface area (TPSA) is 83.4 Å². The molecule has 0 saturated heterocycles. The molecule has 0 unspecified atom stereocenters. The number of nitrogens with zero attached hydrogens (tertiary/aromatic N) is 1. The summed E-state index contributed by atoms with van der Waals surface area (Å²) < 4.78 is 15.1. The van der Waals surface area contributed by atoms with Crippen molar-refractivity contribution in [1.82, 2.24) is 9.88 Å². The van der Waals surface area contributed by atoms with Gasteiger partial charge in [-0.05, 0) is 36.8 Å². The lowest BCUT2D eigenvalue weighted by atomic mass is 10.2. The van der Waals surface area contributed by atoms with Crippen LogP contribution in [0.2, 0.25) is 0 Å². The van der Waals surface area contributed by atoms with Crippen LogP contribution in [0.5, 0.6) is 0 Å². The number of halogens is 1. The van der Waals surface area contributed by atoms with Gasteiger partial charge >= 0.3 is 11.8 Å². The molecular weight excluding hydrogens is 301 g/mol. The SMILES string of the molecule is Cc1ccc(NC(=O)C(=O)NC[C@@H](O)c2cccn2C)cc1F. The summed E-state index contributed by atoms with van der Waals surface area (Å²) in [5.74, 6) is -2.30. The average molecular weight is 319 g/mol. The highest BCUT2D eigenvalue weighted by Gasteiger charge is 2.17. The van der Waals surface area contributed by atoms with Gasteiger partial charge in [0.1, 0.15) is 11.9 Å². The van der Waals surface area contributed by atoms with Crippen LogP contribution in [0.1, 0.15) is 17.4 Å². The number of aliphatic hydroxyl groups is 1. The second-order valence-electron chi connectivity index (χ2n) is 5.19. The van der Waals surface area contributed by atoms with Gasteiger partial charge in [0.2, 0.25) is 0 Å². The van der Waals surface area contributed by atoms with Crippen molar-refractivity contribution in [2.45, 2.75) is 13.0 Å². The van der Waals surface area contributed by atoms with Crippen LogP contribution in [0, 0.1) is 12.7 Å². The molecule has 1 atom stereocenters. The molecule has 2 rings (SSSR count). The third-order valence-electron chi connectivity index (χ3n) is 3.42. The molecule has 3 N–H and O–H groups in total. The summed E-state index contributed by atoms with van der Waals surface area (Å²) in [7, 11) is 1.76. The number of anilines is 1. The van der Waals surface area contributed by atoms with Gasteiger partial charge in [0.15, 0.2) is 0 Å². The molecule has 0 aliphatic carbocycles. The minimum Gasteiger partial charge on any atom is -0.385 e. The maximum Gasteiger partial charge on any atom is 0.313 e. The molecule has 0 aliphatic rings. The van der Waals surface area contributed by atoms with Crippen molar-refractivity contribution in [3.05, 3.63) is 53.6 Å². The van der Waals surface area contributed by atoms with E-state index in [2.05, 4.69) is 10.6 Å². The lowest BCUT2D eigenvalue weighted by molar-refractivity contribution is -0.136. The highest BCUT2D eigenvalue weighted by atomic mass is 19.1. The Kier molecular flexibility index (Phi) is 5.13. The molecule has 0 bridgehead atoms. The Morgan fingerprint density at radius 2 is 2.04 bits per heavy atom. The Balaban J connectivity index is 1.89. The van der Waals surface area contributed by atoms with E-state index in [0.717, 1.165) is 6.07 Å². The van der Waals surface area contributed by atoms with Gasteiger partial charge in [0.25, 0.3) is 0 Å². The summed E-state index contributed by atoms with van der Waals surface area (Å²) >= 11 is 0. The summed E-state index contributed by atoms with van der Waals surface area (Å²) in [5, 5.41) is 14.6. The number of rotatable bonds is 4. The maximum atomic E-state index is 13.4. The van der Waals surface area contributed by atoms with Crippen molar-refractivity contribution < 1.29 is 19.1 Å². The third kappa shape index (κ3) is 4.17. The first kappa shape index (κ1) is 16.7. The van der Waals surface area contributed by atoms with E-state index in [1.807, 2.05) is 0 Å². The molecule has 0 fully saturated rings. The molecule has 122 valence electrons. The van der Waals surface area contributed by atoms with Gasteiger partial charge in [-0.15, -0.1) is 0 Å². The molecule has 0 spiro atoms. The van der Waals surface area contributed by atoms with Crippen molar-refractivity contribution in [2.24, 2.45) is 7.05 Å². The highest BCUT2D eigenvalue weighted by molar-refractivity contribution is 6.39. The Bertz CT molecular complexity index is 727. The van der Waals surface area contributed by atoms with Crippen LogP contribution in [0.15, 0.2) is 36.5 Å². The lowest BCUT2D eigenvalue weighted by Gasteiger charge is -2.13. The zero-order chi connectivity index (χ0) is 17.0. The van der Waals surface area contributed by atoms with Crippen molar-refractivity contribution in [3.63, 3.8) is 0 Å². The molecule has 0 radical (unpaired) electrons. The normalized spacial score (nSPS) is 11.8. The molecule has 7 heteroatoms. The van der Waals surface area contributed by atoms with E-state index in [9.17, 15) is 19.1 Å². The zero-order valence-electron chi connectivity index (χ0n) is 12.8. The lowest BCUT2D eigenvalue weighted by Crippen LogP contribution is -2.37. The summed E-state index contributed by atoms with van der Waals surface area (Å²) in [4.78, 5) is 23.5. The number of nitrogens with one attached hydrogen (secondary N) is 2. The predicted molar refractivity (Wildman–Crippen MR) is 83.1 cm³/mol. The number of carbonyl (C=O) groups is 2. The van der Waals surface area contributed by atoms with Gasteiger partial charge in [-0.1, -0.05) is 6.07 Å². The second-order valence-corrected chi connectivity index (χ2v) is 5.19. The molecule has 23 heavy (non-hydrogen) atoms. The van der Waals surface area contributed by atoms with Gasteiger partial charge in [0, 0.05) is 31.2 Å². The molecule has 2 amide bonds. The van der Waals surface area contributed by atoms with Gasteiger partial charge in [-0.3, -0.25) is 9.59 Å². The minimum absolute atomic E-state index is 0.105. The standard InChI is InChI=1S/C16H18FN3O3/c1-10-5-6-11(8-12(10)17)19-16(23)15(22)18-9-14(21)13-4-3-7-20(13)2/h3-8,14,21H,9H2,1-2H3,(H,18,22)(H,19,23)/t14-/m1/s1. The molecule has 0 aliphatic heterocycles. The minimum atomic E-state index is -0.927. The van der Waals surface area contributed by atoms with Crippen LogP contribution in [-0.2, 0) is 16.6 Å². The molecule has 6 nitrogen and oxygen atoms in total. The van der Waals surface area contributed by atoms with Gasteiger partial charge in [-0.2, -0.15) is 0 Å². The van der Waals surface area contributed by atoms with Crippen molar-refractivity contribution >= 4 is 17.5 Å². The number of hydrogen-bond acceptors (Lipinski definition) is 3. The second kappa shape index (κ2) is 7.06.